The molecule has 1 N–H and O–H groups in total. The van der Waals surface area contributed by atoms with Gasteiger partial charge in [-0.1, -0.05) is 18.2 Å². The Bertz CT molecular complexity index is 1180. The van der Waals surface area contributed by atoms with Crippen molar-refractivity contribution in [3.05, 3.63) is 60.3 Å². The SMILES string of the molecule is CCn1cc(C(=O)NC2CCN(S(=O)(=O)c3ccc(OC)cc3)CC2)c2ccccc21. The van der Waals surface area contributed by atoms with Crippen molar-refractivity contribution in [2.45, 2.75) is 37.2 Å². The number of benzene rings is 2. The Morgan fingerprint density at radius 1 is 1.10 bits per heavy atom. The third-order valence-electron chi connectivity index (χ3n) is 5.86. The van der Waals surface area contributed by atoms with E-state index in [0.717, 1.165) is 17.4 Å². The average Bonchev–Trinajstić information content (AvgIpc) is 3.18. The van der Waals surface area contributed by atoms with Gasteiger partial charge in [0.25, 0.3) is 5.91 Å². The molecule has 1 saturated heterocycles. The standard InChI is InChI=1S/C23H27N3O4S/c1-3-25-16-21(20-6-4-5-7-22(20)25)23(27)24-17-12-14-26(15-13-17)31(28,29)19-10-8-18(30-2)9-11-19/h4-11,16-17H,3,12-15H2,1-2H3,(H,24,27). The van der Waals surface area contributed by atoms with Crippen LogP contribution in [-0.4, -0.2) is 49.4 Å². The van der Waals surface area contributed by atoms with Gasteiger partial charge >= 0.3 is 0 Å². The van der Waals surface area contributed by atoms with Crippen LogP contribution >= 0.6 is 0 Å². The lowest BCUT2D eigenvalue weighted by molar-refractivity contribution is 0.0925. The molecule has 2 heterocycles. The third kappa shape index (κ3) is 4.18. The maximum atomic E-state index is 12.9. The fraction of sp³-hybridized carbons (Fsp3) is 0.348. The van der Waals surface area contributed by atoms with Crippen LogP contribution in [0.15, 0.2) is 59.6 Å². The first kappa shape index (κ1) is 21.4. The summed E-state index contributed by atoms with van der Waals surface area (Å²) in [6, 6.07) is 14.2. The van der Waals surface area contributed by atoms with Gasteiger partial charge in [-0.15, -0.1) is 0 Å². The number of ether oxygens (including phenoxy) is 1. The van der Waals surface area contributed by atoms with Crippen LogP contribution in [0.25, 0.3) is 10.9 Å². The van der Waals surface area contributed by atoms with Crippen LogP contribution in [0.2, 0.25) is 0 Å². The van der Waals surface area contributed by atoms with Crippen molar-refractivity contribution in [2.24, 2.45) is 0 Å². The molecule has 0 radical (unpaired) electrons. The lowest BCUT2D eigenvalue weighted by Gasteiger charge is -2.31. The zero-order valence-electron chi connectivity index (χ0n) is 17.7. The molecule has 0 bridgehead atoms. The van der Waals surface area contributed by atoms with Gasteiger partial charge in [0.2, 0.25) is 10.0 Å². The predicted octanol–water partition coefficient (Wildman–Crippen LogP) is 3.25. The van der Waals surface area contributed by atoms with E-state index >= 15 is 0 Å². The second kappa shape index (κ2) is 8.72. The molecule has 1 fully saturated rings. The molecule has 1 aliphatic heterocycles. The molecule has 0 unspecified atom stereocenters. The highest BCUT2D eigenvalue weighted by atomic mass is 32.2. The van der Waals surface area contributed by atoms with Crippen LogP contribution in [0.4, 0.5) is 0 Å². The van der Waals surface area contributed by atoms with E-state index in [1.54, 1.807) is 31.4 Å². The van der Waals surface area contributed by atoms with Gasteiger partial charge < -0.3 is 14.6 Å². The zero-order valence-corrected chi connectivity index (χ0v) is 18.6. The van der Waals surface area contributed by atoms with Crippen molar-refractivity contribution in [1.82, 2.24) is 14.2 Å². The van der Waals surface area contributed by atoms with Gasteiger partial charge in [-0.3, -0.25) is 4.79 Å². The lowest BCUT2D eigenvalue weighted by Crippen LogP contribution is -2.46. The number of sulfonamides is 1. The Morgan fingerprint density at radius 3 is 2.42 bits per heavy atom. The highest BCUT2D eigenvalue weighted by Crippen LogP contribution is 2.24. The largest absolute Gasteiger partial charge is 0.497 e. The molecular formula is C23H27N3O4S. The van der Waals surface area contributed by atoms with Crippen molar-refractivity contribution < 1.29 is 17.9 Å². The first-order valence-corrected chi connectivity index (χ1v) is 11.9. The Labute approximate surface area is 182 Å². The summed E-state index contributed by atoms with van der Waals surface area (Å²) in [5.74, 6) is 0.504. The number of piperidine rings is 1. The number of rotatable bonds is 6. The first-order valence-electron chi connectivity index (χ1n) is 10.5. The van der Waals surface area contributed by atoms with Crippen LogP contribution in [0.5, 0.6) is 5.75 Å². The number of fused-ring (bicyclic) bond motifs is 1. The van der Waals surface area contributed by atoms with Gasteiger partial charge in [0.05, 0.1) is 17.6 Å². The van der Waals surface area contributed by atoms with Crippen LogP contribution in [0.1, 0.15) is 30.1 Å². The second-order valence-corrected chi connectivity index (χ2v) is 9.61. The molecular weight excluding hydrogens is 414 g/mol. The van der Waals surface area contributed by atoms with Crippen LogP contribution in [0.3, 0.4) is 0 Å². The number of aryl methyl sites for hydroxylation is 1. The first-order chi connectivity index (χ1) is 14.9. The summed E-state index contributed by atoms with van der Waals surface area (Å²) in [6.07, 6.45) is 3.05. The zero-order chi connectivity index (χ0) is 22.0. The molecule has 0 aliphatic carbocycles. The number of hydrogen-bond acceptors (Lipinski definition) is 4. The van der Waals surface area contributed by atoms with E-state index in [-0.39, 0.29) is 16.8 Å². The van der Waals surface area contributed by atoms with E-state index < -0.39 is 10.0 Å². The van der Waals surface area contributed by atoms with Gasteiger partial charge in [0, 0.05) is 42.8 Å². The minimum atomic E-state index is -3.56. The normalized spacial score (nSPS) is 15.8. The summed E-state index contributed by atoms with van der Waals surface area (Å²) < 4.78 is 34.5. The van der Waals surface area contributed by atoms with Crippen LogP contribution < -0.4 is 10.1 Å². The predicted molar refractivity (Wildman–Crippen MR) is 120 cm³/mol. The lowest BCUT2D eigenvalue weighted by atomic mass is 10.1. The van der Waals surface area contributed by atoms with Crippen molar-refractivity contribution in [3.63, 3.8) is 0 Å². The van der Waals surface area contributed by atoms with E-state index in [1.807, 2.05) is 37.4 Å². The van der Waals surface area contributed by atoms with Crippen LogP contribution in [0, 0.1) is 0 Å². The Hall–Kier alpha value is -2.84. The van der Waals surface area contributed by atoms with E-state index in [1.165, 1.54) is 4.31 Å². The minimum absolute atomic E-state index is 0.0569. The molecule has 1 amide bonds. The van der Waals surface area contributed by atoms with Crippen molar-refractivity contribution in [2.75, 3.05) is 20.2 Å². The van der Waals surface area contributed by atoms with Gasteiger partial charge in [-0.2, -0.15) is 4.31 Å². The van der Waals surface area contributed by atoms with E-state index in [0.29, 0.717) is 37.2 Å². The Balaban J connectivity index is 1.42. The van der Waals surface area contributed by atoms with E-state index in [4.69, 9.17) is 4.74 Å². The number of methoxy groups -OCH3 is 1. The quantitative estimate of drug-likeness (QED) is 0.637. The summed E-state index contributed by atoms with van der Waals surface area (Å²) in [4.78, 5) is 13.2. The van der Waals surface area contributed by atoms with Crippen molar-refractivity contribution in [3.8, 4) is 5.75 Å². The number of hydrogen-bond donors (Lipinski definition) is 1. The van der Waals surface area contributed by atoms with Crippen LogP contribution in [-0.2, 0) is 16.6 Å². The third-order valence-corrected chi connectivity index (χ3v) is 7.77. The number of nitrogens with zero attached hydrogens (tertiary/aromatic N) is 2. The Kier molecular flexibility index (Phi) is 6.02. The fourth-order valence-corrected chi connectivity index (χ4v) is 5.56. The smallest absolute Gasteiger partial charge is 0.253 e. The summed E-state index contributed by atoms with van der Waals surface area (Å²) in [5.41, 5.74) is 1.70. The van der Waals surface area contributed by atoms with Crippen molar-refractivity contribution >= 4 is 26.8 Å². The molecule has 0 atom stereocenters. The number of para-hydroxylation sites is 1. The molecule has 3 aromatic rings. The maximum absolute atomic E-state index is 12.9. The monoisotopic (exact) mass is 441 g/mol. The number of carbonyl (C=O) groups is 1. The topological polar surface area (TPSA) is 80.6 Å². The molecule has 4 rings (SSSR count). The molecule has 1 aliphatic rings. The number of carbonyl (C=O) groups excluding carboxylic acids is 1. The molecule has 31 heavy (non-hydrogen) atoms. The van der Waals surface area contributed by atoms with Gasteiger partial charge in [-0.05, 0) is 50.1 Å². The average molecular weight is 442 g/mol. The fourth-order valence-electron chi connectivity index (χ4n) is 4.09. The van der Waals surface area contributed by atoms with Crippen molar-refractivity contribution in [1.29, 1.82) is 0 Å². The van der Waals surface area contributed by atoms with Gasteiger partial charge in [0.1, 0.15) is 5.75 Å². The Morgan fingerprint density at radius 2 is 1.77 bits per heavy atom. The summed E-state index contributed by atoms with van der Waals surface area (Å²) in [6.45, 7) is 3.58. The summed E-state index contributed by atoms with van der Waals surface area (Å²) in [7, 11) is -2.01. The molecule has 164 valence electrons. The van der Waals surface area contributed by atoms with Gasteiger partial charge in [-0.25, -0.2) is 8.42 Å². The number of nitrogens with one attached hydrogen (secondary N) is 1. The molecule has 7 nitrogen and oxygen atoms in total. The number of aromatic nitrogens is 1. The number of amides is 1. The molecule has 0 spiro atoms. The molecule has 2 aromatic carbocycles. The second-order valence-electron chi connectivity index (χ2n) is 7.67. The highest BCUT2D eigenvalue weighted by molar-refractivity contribution is 7.89. The molecule has 8 heteroatoms. The maximum Gasteiger partial charge on any atom is 0.253 e. The highest BCUT2D eigenvalue weighted by Gasteiger charge is 2.30. The minimum Gasteiger partial charge on any atom is -0.497 e. The van der Waals surface area contributed by atoms with E-state index in [2.05, 4.69) is 9.88 Å². The summed E-state index contributed by atoms with van der Waals surface area (Å²) in [5, 5.41) is 4.03. The summed E-state index contributed by atoms with van der Waals surface area (Å²) >= 11 is 0. The van der Waals surface area contributed by atoms with Gasteiger partial charge in [0.15, 0.2) is 0 Å². The molecule has 0 saturated carbocycles. The molecule has 1 aromatic heterocycles. The van der Waals surface area contributed by atoms with E-state index in [9.17, 15) is 13.2 Å².